The van der Waals surface area contributed by atoms with Gasteiger partial charge in [-0.3, -0.25) is 4.79 Å². The van der Waals surface area contributed by atoms with Gasteiger partial charge in [0.2, 0.25) is 5.91 Å². The Morgan fingerprint density at radius 2 is 1.62 bits per heavy atom. The summed E-state index contributed by atoms with van der Waals surface area (Å²) >= 11 is 0. The molecule has 0 N–H and O–H groups in total. The lowest BCUT2D eigenvalue weighted by Gasteiger charge is -2.35. The van der Waals surface area contributed by atoms with E-state index in [9.17, 15) is 4.79 Å². The van der Waals surface area contributed by atoms with Crippen molar-refractivity contribution in [3.05, 3.63) is 66.2 Å². The molecule has 1 aliphatic heterocycles. The number of carbonyl (C=O) groups excluding carboxylic acids is 1. The fraction of sp³-hybridized carbons (Fsp3) is 0.250. The van der Waals surface area contributed by atoms with E-state index in [1.165, 1.54) is 5.69 Å². The molecule has 124 valence electrons. The molecule has 24 heavy (non-hydrogen) atoms. The monoisotopic (exact) mass is 322 g/mol. The second kappa shape index (κ2) is 7.68. The van der Waals surface area contributed by atoms with Crippen molar-refractivity contribution in [1.82, 2.24) is 4.90 Å². The van der Waals surface area contributed by atoms with Crippen LogP contribution in [0, 0.1) is 0 Å². The maximum absolute atomic E-state index is 12.3. The Balaban J connectivity index is 1.54. The van der Waals surface area contributed by atoms with Crippen LogP contribution in [0.25, 0.3) is 6.08 Å². The van der Waals surface area contributed by atoms with Crippen LogP contribution in [0.3, 0.4) is 0 Å². The highest BCUT2D eigenvalue weighted by atomic mass is 16.5. The Kier molecular flexibility index (Phi) is 5.16. The molecule has 3 rings (SSSR count). The van der Waals surface area contributed by atoms with Crippen LogP contribution >= 0.6 is 0 Å². The number of hydrogen-bond donors (Lipinski definition) is 0. The zero-order chi connectivity index (χ0) is 16.8. The van der Waals surface area contributed by atoms with Crippen LogP contribution < -0.4 is 9.64 Å². The Labute approximate surface area is 143 Å². The molecule has 0 atom stereocenters. The average Bonchev–Trinajstić information content (AvgIpc) is 2.67. The topological polar surface area (TPSA) is 32.8 Å². The van der Waals surface area contributed by atoms with Gasteiger partial charge in [0.1, 0.15) is 5.75 Å². The lowest BCUT2D eigenvalue weighted by Crippen LogP contribution is -2.48. The number of carbonyl (C=O) groups is 1. The lowest BCUT2D eigenvalue weighted by molar-refractivity contribution is -0.126. The van der Waals surface area contributed by atoms with Crippen molar-refractivity contribution in [3.63, 3.8) is 0 Å². The van der Waals surface area contributed by atoms with Gasteiger partial charge in [0.15, 0.2) is 0 Å². The molecule has 4 nitrogen and oxygen atoms in total. The number of ether oxygens (including phenoxy) is 1. The van der Waals surface area contributed by atoms with Gasteiger partial charge in [-0.05, 0) is 35.9 Å². The smallest absolute Gasteiger partial charge is 0.246 e. The highest BCUT2D eigenvalue weighted by Gasteiger charge is 2.19. The Hall–Kier alpha value is -2.75. The number of rotatable bonds is 4. The summed E-state index contributed by atoms with van der Waals surface area (Å²) in [6.45, 7) is 3.17. The lowest BCUT2D eigenvalue weighted by atomic mass is 10.2. The third-order valence-corrected chi connectivity index (χ3v) is 4.25. The van der Waals surface area contributed by atoms with Crippen molar-refractivity contribution >= 4 is 17.7 Å². The third-order valence-electron chi connectivity index (χ3n) is 4.25. The second-order valence-electron chi connectivity index (χ2n) is 5.75. The summed E-state index contributed by atoms with van der Waals surface area (Å²) in [5.74, 6) is 0.937. The minimum Gasteiger partial charge on any atom is -0.497 e. The van der Waals surface area contributed by atoms with Gasteiger partial charge >= 0.3 is 0 Å². The predicted molar refractivity (Wildman–Crippen MR) is 97.3 cm³/mol. The molecule has 0 aromatic heterocycles. The Morgan fingerprint density at radius 3 is 2.25 bits per heavy atom. The summed E-state index contributed by atoms with van der Waals surface area (Å²) in [5, 5.41) is 0. The summed E-state index contributed by atoms with van der Waals surface area (Å²) in [6.07, 6.45) is 3.54. The molecule has 1 amide bonds. The van der Waals surface area contributed by atoms with Crippen molar-refractivity contribution in [2.45, 2.75) is 0 Å². The summed E-state index contributed by atoms with van der Waals surface area (Å²) in [6, 6.07) is 18.0. The maximum Gasteiger partial charge on any atom is 0.246 e. The van der Waals surface area contributed by atoms with Crippen LogP contribution in [0.4, 0.5) is 5.69 Å². The number of methoxy groups -OCH3 is 1. The molecule has 0 unspecified atom stereocenters. The van der Waals surface area contributed by atoms with E-state index in [0.29, 0.717) is 0 Å². The van der Waals surface area contributed by atoms with Gasteiger partial charge in [-0.2, -0.15) is 0 Å². The molecule has 0 spiro atoms. The minimum absolute atomic E-state index is 0.0771. The van der Waals surface area contributed by atoms with Crippen LogP contribution in [0.1, 0.15) is 5.56 Å². The average molecular weight is 322 g/mol. The molecule has 2 aromatic carbocycles. The summed E-state index contributed by atoms with van der Waals surface area (Å²) < 4.78 is 5.19. The molecule has 0 radical (unpaired) electrons. The normalized spacial score (nSPS) is 14.9. The van der Waals surface area contributed by atoms with Crippen LogP contribution in [0.15, 0.2) is 60.7 Å². The van der Waals surface area contributed by atoms with Crippen molar-refractivity contribution in [2.75, 3.05) is 38.2 Å². The van der Waals surface area contributed by atoms with E-state index in [-0.39, 0.29) is 5.91 Å². The van der Waals surface area contributed by atoms with E-state index in [2.05, 4.69) is 17.0 Å². The van der Waals surface area contributed by atoms with Gasteiger partial charge in [0.25, 0.3) is 0 Å². The van der Waals surface area contributed by atoms with Gasteiger partial charge in [-0.25, -0.2) is 0 Å². The zero-order valence-electron chi connectivity index (χ0n) is 13.9. The SMILES string of the molecule is COc1ccc(N2CCN(C(=O)/C=C/c3ccccc3)CC2)cc1. The number of hydrogen-bond acceptors (Lipinski definition) is 3. The van der Waals surface area contributed by atoms with Crippen molar-refractivity contribution in [1.29, 1.82) is 0 Å². The van der Waals surface area contributed by atoms with E-state index >= 15 is 0 Å². The molecule has 1 aliphatic rings. The first-order valence-electron chi connectivity index (χ1n) is 8.17. The van der Waals surface area contributed by atoms with E-state index in [1.807, 2.05) is 53.4 Å². The predicted octanol–water partition coefficient (Wildman–Crippen LogP) is 3.06. The zero-order valence-corrected chi connectivity index (χ0v) is 13.9. The van der Waals surface area contributed by atoms with Gasteiger partial charge in [-0.1, -0.05) is 30.3 Å². The number of amides is 1. The molecule has 1 saturated heterocycles. The molecule has 1 fully saturated rings. The first-order chi connectivity index (χ1) is 11.8. The molecule has 4 heteroatoms. The van der Waals surface area contributed by atoms with Gasteiger partial charge < -0.3 is 14.5 Å². The second-order valence-corrected chi connectivity index (χ2v) is 5.75. The molecule has 0 aliphatic carbocycles. The number of nitrogens with zero attached hydrogens (tertiary/aromatic N) is 2. The summed E-state index contributed by atoms with van der Waals surface area (Å²) in [7, 11) is 1.67. The number of piperazine rings is 1. The molecular formula is C20H22N2O2. The fourth-order valence-electron chi connectivity index (χ4n) is 2.82. The fourth-order valence-corrected chi connectivity index (χ4v) is 2.82. The molecule has 0 bridgehead atoms. The Morgan fingerprint density at radius 1 is 0.958 bits per heavy atom. The molecule has 0 saturated carbocycles. The van der Waals surface area contributed by atoms with Crippen molar-refractivity contribution in [3.8, 4) is 5.75 Å². The van der Waals surface area contributed by atoms with Gasteiger partial charge in [0, 0.05) is 37.9 Å². The molecule has 2 aromatic rings. The Bertz CT molecular complexity index is 687. The first-order valence-corrected chi connectivity index (χ1v) is 8.17. The molecule has 1 heterocycles. The van der Waals surface area contributed by atoms with Gasteiger partial charge in [-0.15, -0.1) is 0 Å². The van der Waals surface area contributed by atoms with E-state index in [0.717, 1.165) is 37.5 Å². The summed E-state index contributed by atoms with van der Waals surface area (Å²) in [5.41, 5.74) is 2.21. The van der Waals surface area contributed by atoms with Crippen LogP contribution in [-0.2, 0) is 4.79 Å². The number of benzene rings is 2. The van der Waals surface area contributed by atoms with Crippen molar-refractivity contribution in [2.24, 2.45) is 0 Å². The standard InChI is InChI=1S/C20H22N2O2/c1-24-19-10-8-18(9-11-19)21-13-15-22(16-14-21)20(23)12-7-17-5-3-2-4-6-17/h2-12H,13-16H2,1H3/b12-7+. The van der Waals surface area contributed by atoms with E-state index < -0.39 is 0 Å². The molecular weight excluding hydrogens is 300 g/mol. The highest BCUT2D eigenvalue weighted by molar-refractivity contribution is 5.91. The highest BCUT2D eigenvalue weighted by Crippen LogP contribution is 2.20. The third kappa shape index (κ3) is 3.96. The number of anilines is 1. The minimum atomic E-state index is 0.0771. The quantitative estimate of drug-likeness (QED) is 0.811. The first kappa shape index (κ1) is 16.1. The maximum atomic E-state index is 12.3. The largest absolute Gasteiger partial charge is 0.497 e. The van der Waals surface area contributed by atoms with Crippen LogP contribution in [-0.4, -0.2) is 44.1 Å². The van der Waals surface area contributed by atoms with Crippen molar-refractivity contribution < 1.29 is 9.53 Å². The van der Waals surface area contributed by atoms with E-state index in [1.54, 1.807) is 13.2 Å². The summed E-state index contributed by atoms with van der Waals surface area (Å²) in [4.78, 5) is 16.5. The van der Waals surface area contributed by atoms with Crippen LogP contribution in [0.2, 0.25) is 0 Å². The van der Waals surface area contributed by atoms with E-state index in [4.69, 9.17) is 4.74 Å². The van der Waals surface area contributed by atoms with Gasteiger partial charge in [0.05, 0.1) is 7.11 Å². The van der Waals surface area contributed by atoms with Crippen LogP contribution in [0.5, 0.6) is 5.75 Å².